The van der Waals surface area contributed by atoms with Crippen molar-refractivity contribution in [3.63, 3.8) is 0 Å². The first-order valence-corrected chi connectivity index (χ1v) is 8.02. The minimum Gasteiger partial charge on any atom is -0.409 e. The summed E-state index contributed by atoms with van der Waals surface area (Å²) in [5.74, 6) is 0.191. The van der Waals surface area contributed by atoms with Crippen molar-refractivity contribution in [3.8, 4) is 0 Å². The van der Waals surface area contributed by atoms with Crippen molar-refractivity contribution in [2.75, 3.05) is 19.7 Å². The van der Waals surface area contributed by atoms with Crippen LogP contribution in [0.1, 0.15) is 51.4 Å². The Hall–Kier alpha value is -1.30. The van der Waals surface area contributed by atoms with E-state index in [1.54, 1.807) is 0 Å². The van der Waals surface area contributed by atoms with Crippen molar-refractivity contribution in [3.05, 3.63) is 0 Å². The van der Waals surface area contributed by atoms with Gasteiger partial charge in [0.15, 0.2) is 5.84 Å². The largest absolute Gasteiger partial charge is 0.409 e. The lowest BCUT2D eigenvalue weighted by Gasteiger charge is -2.39. The van der Waals surface area contributed by atoms with Gasteiger partial charge in [-0.3, -0.25) is 4.79 Å². The Morgan fingerprint density at radius 1 is 1.24 bits per heavy atom. The summed E-state index contributed by atoms with van der Waals surface area (Å²) in [7, 11) is 0. The van der Waals surface area contributed by atoms with E-state index in [2.05, 4.69) is 5.16 Å². The Morgan fingerprint density at radius 3 is 2.48 bits per heavy atom. The van der Waals surface area contributed by atoms with E-state index in [9.17, 15) is 9.90 Å². The van der Waals surface area contributed by atoms with Crippen LogP contribution >= 0.6 is 0 Å². The molecule has 2 aliphatic rings. The minimum absolute atomic E-state index is 0.0159. The van der Waals surface area contributed by atoms with Crippen LogP contribution in [0.15, 0.2) is 5.16 Å². The summed E-state index contributed by atoms with van der Waals surface area (Å²) in [6.07, 6.45) is 7.21. The maximum absolute atomic E-state index is 13.1. The number of nitrogens with zero attached hydrogens (tertiary/aromatic N) is 2. The number of carbonyl (C=O) groups is 1. The van der Waals surface area contributed by atoms with Gasteiger partial charge in [-0.1, -0.05) is 30.8 Å². The lowest BCUT2D eigenvalue weighted by Crippen LogP contribution is -2.54. The molecule has 0 aromatic heterocycles. The molecule has 1 aliphatic carbocycles. The van der Waals surface area contributed by atoms with Crippen LogP contribution in [0.4, 0.5) is 0 Å². The van der Waals surface area contributed by atoms with Gasteiger partial charge in [-0.15, -0.1) is 0 Å². The molecular formula is C15H27N3O3. The van der Waals surface area contributed by atoms with E-state index in [-0.39, 0.29) is 24.3 Å². The maximum atomic E-state index is 13.1. The number of rotatable bonds is 3. The summed E-state index contributed by atoms with van der Waals surface area (Å²) in [6.45, 7) is 1.39. The van der Waals surface area contributed by atoms with Gasteiger partial charge in [-0.2, -0.15) is 0 Å². The van der Waals surface area contributed by atoms with Crippen molar-refractivity contribution in [2.45, 2.75) is 51.4 Å². The topological polar surface area (TPSA) is 99.2 Å². The Balaban J connectivity index is 2.21. The Labute approximate surface area is 126 Å². The Morgan fingerprint density at radius 2 is 1.90 bits per heavy atom. The zero-order valence-corrected chi connectivity index (χ0v) is 12.6. The Bertz CT molecular complexity index is 390. The van der Waals surface area contributed by atoms with Crippen LogP contribution in [-0.2, 0) is 4.79 Å². The first kappa shape index (κ1) is 16.1. The summed E-state index contributed by atoms with van der Waals surface area (Å²) in [5, 5.41) is 21.7. The molecular weight excluding hydrogens is 270 g/mol. The standard InChI is InChI=1S/C15H27N3O3/c16-13(17-21)15(7-3-1-2-4-8-15)14(20)18-9-5-6-12(10-18)11-19/h12,19,21H,1-11H2,(H2,16,17). The van der Waals surface area contributed by atoms with Gasteiger partial charge in [0.05, 0.1) is 0 Å². The molecule has 1 atom stereocenters. The molecule has 2 fully saturated rings. The molecule has 0 spiro atoms. The van der Waals surface area contributed by atoms with Crippen molar-refractivity contribution in [2.24, 2.45) is 22.2 Å². The van der Waals surface area contributed by atoms with E-state index in [4.69, 9.17) is 10.9 Å². The molecule has 2 rings (SSSR count). The van der Waals surface area contributed by atoms with Crippen LogP contribution in [0.2, 0.25) is 0 Å². The molecule has 1 saturated carbocycles. The molecule has 4 N–H and O–H groups in total. The van der Waals surface area contributed by atoms with Gasteiger partial charge in [-0.25, -0.2) is 0 Å². The lowest BCUT2D eigenvalue weighted by atomic mass is 9.77. The first-order valence-electron chi connectivity index (χ1n) is 8.02. The number of nitrogens with two attached hydrogens (primary N) is 1. The number of aliphatic hydroxyl groups is 1. The fraction of sp³-hybridized carbons (Fsp3) is 0.867. The van der Waals surface area contributed by atoms with Gasteiger partial charge >= 0.3 is 0 Å². The normalized spacial score (nSPS) is 27.2. The fourth-order valence-corrected chi connectivity index (χ4v) is 3.71. The van der Waals surface area contributed by atoms with Crippen LogP contribution in [0.3, 0.4) is 0 Å². The predicted octanol–water partition coefficient (Wildman–Crippen LogP) is 1.30. The number of hydrogen-bond acceptors (Lipinski definition) is 4. The highest BCUT2D eigenvalue weighted by Crippen LogP contribution is 2.38. The molecule has 1 heterocycles. The lowest BCUT2D eigenvalue weighted by molar-refractivity contribution is -0.141. The van der Waals surface area contributed by atoms with Gasteiger partial charge < -0.3 is 20.9 Å². The van der Waals surface area contributed by atoms with Crippen LogP contribution in [0.5, 0.6) is 0 Å². The third kappa shape index (κ3) is 3.31. The zero-order chi connectivity index (χ0) is 15.3. The SMILES string of the molecule is NC(=NO)C1(C(=O)N2CCCC(CO)C2)CCCCCC1. The number of likely N-dealkylation sites (tertiary alicyclic amines) is 1. The summed E-state index contributed by atoms with van der Waals surface area (Å²) in [4.78, 5) is 14.9. The second-order valence-electron chi connectivity index (χ2n) is 6.42. The van der Waals surface area contributed by atoms with Gasteiger partial charge in [0, 0.05) is 19.7 Å². The van der Waals surface area contributed by atoms with Gasteiger partial charge in [0.1, 0.15) is 5.41 Å². The minimum atomic E-state index is -0.845. The highest BCUT2D eigenvalue weighted by molar-refractivity contribution is 6.06. The van der Waals surface area contributed by atoms with Gasteiger partial charge in [-0.05, 0) is 31.6 Å². The molecule has 6 nitrogen and oxygen atoms in total. The summed E-state index contributed by atoms with van der Waals surface area (Å²) in [5.41, 5.74) is 5.09. The molecule has 1 amide bonds. The second-order valence-corrected chi connectivity index (χ2v) is 6.42. The summed E-state index contributed by atoms with van der Waals surface area (Å²) >= 11 is 0. The van der Waals surface area contributed by atoms with Crippen molar-refractivity contribution < 1.29 is 15.1 Å². The number of amidine groups is 1. The quantitative estimate of drug-likeness (QED) is 0.240. The van der Waals surface area contributed by atoms with Crippen LogP contribution in [-0.4, -0.2) is 46.7 Å². The number of amides is 1. The predicted molar refractivity (Wildman–Crippen MR) is 79.9 cm³/mol. The molecule has 1 saturated heterocycles. The number of aliphatic hydroxyl groups excluding tert-OH is 1. The average Bonchev–Trinajstić information content (AvgIpc) is 2.80. The first-order chi connectivity index (χ1) is 10.1. The van der Waals surface area contributed by atoms with E-state index in [1.165, 1.54) is 0 Å². The molecule has 0 bridgehead atoms. The third-order valence-electron chi connectivity index (χ3n) is 5.03. The second kappa shape index (κ2) is 7.11. The smallest absolute Gasteiger partial charge is 0.236 e. The zero-order valence-electron chi connectivity index (χ0n) is 12.6. The summed E-state index contributed by atoms with van der Waals surface area (Å²) in [6, 6.07) is 0. The highest BCUT2D eigenvalue weighted by Gasteiger charge is 2.46. The molecule has 1 aliphatic heterocycles. The van der Waals surface area contributed by atoms with Crippen LogP contribution in [0.25, 0.3) is 0 Å². The van der Waals surface area contributed by atoms with Crippen LogP contribution < -0.4 is 5.73 Å². The molecule has 0 radical (unpaired) electrons. The number of hydrogen-bond donors (Lipinski definition) is 3. The third-order valence-corrected chi connectivity index (χ3v) is 5.03. The van der Waals surface area contributed by atoms with Crippen LogP contribution in [0, 0.1) is 11.3 Å². The molecule has 21 heavy (non-hydrogen) atoms. The number of carbonyl (C=O) groups excluding carboxylic acids is 1. The average molecular weight is 297 g/mol. The highest BCUT2D eigenvalue weighted by atomic mass is 16.4. The maximum Gasteiger partial charge on any atom is 0.236 e. The van der Waals surface area contributed by atoms with Gasteiger partial charge in [0.2, 0.25) is 5.91 Å². The molecule has 0 aromatic carbocycles. The Kier molecular flexibility index (Phi) is 5.45. The van der Waals surface area contributed by atoms with Crippen molar-refractivity contribution in [1.29, 1.82) is 0 Å². The molecule has 0 aromatic rings. The van der Waals surface area contributed by atoms with E-state index in [0.717, 1.165) is 38.5 Å². The monoisotopic (exact) mass is 297 g/mol. The summed E-state index contributed by atoms with van der Waals surface area (Å²) < 4.78 is 0. The van der Waals surface area contributed by atoms with E-state index >= 15 is 0 Å². The van der Waals surface area contributed by atoms with E-state index in [1.807, 2.05) is 4.90 Å². The number of oxime groups is 1. The number of piperidine rings is 1. The molecule has 6 heteroatoms. The van der Waals surface area contributed by atoms with Gasteiger partial charge in [0.25, 0.3) is 0 Å². The molecule has 1 unspecified atom stereocenters. The fourth-order valence-electron chi connectivity index (χ4n) is 3.71. The van der Waals surface area contributed by atoms with E-state index in [0.29, 0.717) is 25.9 Å². The van der Waals surface area contributed by atoms with Crippen molar-refractivity contribution in [1.82, 2.24) is 4.90 Å². The van der Waals surface area contributed by atoms with E-state index < -0.39 is 5.41 Å². The molecule has 120 valence electrons. The van der Waals surface area contributed by atoms with Crippen molar-refractivity contribution >= 4 is 11.7 Å².